The van der Waals surface area contributed by atoms with Gasteiger partial charge in [0.05, 0.1) is 11.8 Å². The number of benzene rings is 2. The lowest BCUT2D eigenvalue weighted by atomic mass is 10.1. The number of carbonyl (C=O) groups is 1. The van der Waals surface area contributed by atoms with Gasteiger partial charge >= 0.3 is 11.5 Å². The predicted octanol–water partition coefficient (Wildman–Crippen LogP) is 2.67. The zero-order valence-electron chi connectivity index (χ0n) is 14.2. The van der Waals surface area contributed by atoms with Gasteiger partial charge in [-0.05, 0) is 43.3 Å². The van der Waals surface area contributed by atoms with E-state index in [2.05, 4.69) is 4.98 Å². The smallest absolute Gasteiger partial charge is 0.260 e. The van der Waals surface area contributed by atoms with Crippen LogP contribution in [-0.4, -0.2) is 15.5 Å². The van der Waals surface area contributed by atoms with Crippen LogP contribution in [-0.2, 0) is 0 Å². The molecule has 5 nitrogen and oxygen atoms in total. The molecule has 4 aromatic rings. The standard InChI is InChI=1S/C21H16N3O2/c1-15-8-10-16(11-9-15)20(25)24-14-23(17-5-4-12-22-13-17)21(26)18-6-2-3-7-19(18)24/h2-14H,1H3/q+1. The molecule has 126 valence electrons. The van der Waals surface area contributed by atoms with Gasteiger partial charge in [0.15, 0.2) is 11.2 Å². The second kappa shape index (κ2) is 6.37. The fourth-order valence-electron chi connectivity index (χ4n) is 2.90. The molecule has 2 aromatic heterocycles. The van der Waals surface area contributed by atoms with Crippen molar-refractivity contribution >= 4 is 16.8 Å². The Hall–Kier alpha value is -3.60. The van der Waals surface area contributed by atoms with Crippen LogP contribution in [0.15, 0.2) is 84.2 Å². The summed E-state index contributed by atoms with van der Waals surface area (Å²) in [5.41, 5.74) is 2.62. The third-order valence-electron chi connectivity index (χ3n) is 4.29. The molecule has 0 saturated heterocycles. The highest BCUT2D eigenvalue weighted by molar-refractivity contribution is 5.90. The van der Waals surface area contributed by atoms with Crippen molar-refractivity contribution in [1.82, 2.24) is 9.55 Å². The van der Waals surface area contributed by atoms with Gasteiger partial charge in [-0.3, -0.25) is 4.98 Å². The second-order valence-corrected chi connectivity index (χ2v) is 6.06. The number of pyridine rings is 1. The van der Waals surface area contributed by atoms with E-state index in [1.165, 1.54) is 15.5 Å². The number of nitrogens with zero attached hydrogens (tertiary/aromatic N) is 3. The van der Waals surface area contributed by atoms with Crippen LogP contribution in [0, 0.1) is 6.92 Å². The largest absolute Gasteiger partial charge is 0.350 e. The van der Waals surface area contributed by atoms with Crippen molar-refractivity contribution in [1.29, 1.82) is 0 Å². The Morgan fingerprint density at radius 2 is 1.77 bits per heavy atom. The lowest BCUT2D eigenvalue weighted by Crippen LogP contribution is -2.47. The van der Waals surface area contributed by atoms with Crippen molar-refractivity contribution in [2.75, 3.05) is 0 Å². The molecule has 0 radical (unpaired) electrons. The molecule has 0 unspecified atom stereocenters. The molecule has 2 heterocycles. The number of hydrogen-bond acceptors (Lipinski definition) is 3. The van der Waals surface area contributed by atoms with Gasteiger partial charge in [0.2, 0.25) is 0 Å². The van der Waals surface area contributed by atoms with Crippen molar-refractivity contribution in [3.63, 3.8) is 0 Å². The topological polar surface area (TPSA) is 55.8 Å². The van der Waals surface area contributed by atoms with Crippen LogP contribution in [0.3, 0.4) is 0 Å². The minimum absolute atomic E-state index is 0.193. The minimum atomic E-state index is -0.196. The predicted molar refractivity (Wildman–Crippen MR) is 98.4 cm³/mol. The summed E-state index contributed by atoms with van der Waals surface area (Å²) >= 11 is 0. The lowest BCUT2D eigenvalue weighted by molar-refractivity contribution is -0.547. The van der Waals surface area contributed by atoms with Gasteiger partial charge in [-0.1, -0.05) is 29.8 Å². The van der Waals surface area contributed by atoms with E-state index in [-0.39, 0.29) is 11.5 Å². The first-order valence-electron chi connectivity index (χ1n) is 8.23. The molecule has 4 rings (SSSR count). The van der Waals surface area contributed by atoms with E-state index in [9.17, 15) is 9.59 Å². The molecule has 0 aliphatic rings. The minimum Gasteiger partial charge on any atom is -0.260 e. The van der Waals surface area contributed by atoms with Crippen LogP contribution in [0.25, 0.3) is 16.6 Å². The van der Waals surface area contributed by atoms with Gasteiger partial charge in [-0.15, -0.1) is 0 Å². The van der Waals surface area contributed by atoms with Crippen molar-refractivity contribution in [3.05, 3.63) is 101 Å². The Morgan fingerprint density at radius 3 is 2.50 bits per heavy atom. The van der Waals surface area contributed by atoms with Crippen molar-refractivity contribution in [3.8, 4) is 5.69 Å². The maximum absolute atomic E-state index is 13.1. The maximum Gasteiger partial charge on any atom is 0.350 e. The molecule has 26 heavy (non-hydrogen) atoms. The summed E-state index contributed by atoms with van der Waals surface area (Å²) < 4.78 is 2.95. The summed E-state index contributed by atoms with van der Waals surface area (Å²) in [5.74, 6) is -0.196. The fourth-order valence-corrected chi connectivity index (χ4v) is 2.90. The number of carbonyl (C=O) groups excluding carboxylic acids is 1. The fraction of sp³-hybridized carbons (Fsp3) is 0.0476. The quantitative estimate of drug-likeness (QED) is 0.526. The summed E-state index contributed by atoms with van der Waals surface area (Å²) in [5, 5.41) is 0.472. The number of rotatable bonds is 2. The molecule has 0 aliphatic heterocycles. The summed E-state index contributed by atoms with van der Waals surface area (Å²) in [6.07, 6.45) is 4.77. The van der Waals surface area contributed by atoms with Crippen LogP contribution < -0.4 is 10.1 Å². The average molecular weight is 342 g/mol. The van der Waals surface area contributed by atoms with Gasteiger partial charge in [0.1, 0.15) is 5.39 Å². The average Bonchev–Trinajstić information content (AvgIpc) is 2.69. The monoisotopic (exact) mass is 342 g/mol. The highest BCUT2D eigenvalue weighted by Gasteiger charge is 2.22. The molecular weight excluding hydrogens is 326 g/mol. The molecule has 0 saturated carbocycles. The Bertz CT molecular complexity index is 1160. The number of hydrogen-bond donors (Lipinski definition) is 0. The maximum atomic E-state index is 13.1. The zero-order chi connectivity index (χ0) is 18.1. The number of aryl methyl sites for hydroxylation is 1. The highest BCUT2D eigenvalue weighted by atomic mass is 16.2. The van der Waals surface area contributed by atoms with Gasteiger partial charge < -0.3 is 0 Å². The van der Waals surface area contributed by atoms with Crippen LogP contribution in [0.5, 0.6) is 0 Å². The first kappa shape index (κ1) is 15.9. The van der Waals surface area contributed by atoms with E-state index in [4.69, 9.17) is 0 Å². The molecule has 2 aromatic carbocycles. The Morgan fingerprint density at radius 1 is 1.00 bits per heavy atom. The normalized spacial score (nSPS) is 10.8. The molecule has 0 spiro atoms. The molecule has 0 atom stereocenters. The SMILES string of the molecule is Cc1ccc(C(=O)[n+]2cn(-c3cccnc3)c(=O)c3ccccc32)cc1. The van der Waals surface area contributed by atoms with E-state index in [1.54, 1.807) is 54.9 Å². The van der Waals surface area contributed by atoms with E-state index < -0.39 is 0 Å². The second-order valence-electron chi connectivity index (χ2n) is 6.06. The van der Waals surface area contributed by atoms with Crippen molar-refractivity contribution in [2.24, 2.45) is 0 Å². The first-order valence-corrected chi connectivity index (χ1v) is 8.23. The zero-order valence-corrected chi connectivity index (χ0v) is 14.2. The molecule has 0 aliphatic carbocycles. The third kappa shape index (κ3) is 2.69. The van der Waals surface area contributed by atoms with E-state index in [0.717, 1.165) is 5.56 Å². The summed E-state index contributed by atoms with van der Waals surface area (Å²) in [7, 11) is 0. The summed E-state index contributed by atoms with van der Waals surface area (Å²) in [4.78, 5) is 30.1. The Kier molecular flexibility index (Phi) is 3.89. The lowest BCUT2D eigenvalue weighted by Gasteiger charge is -2.06. The van der Waals surface area contributed by atoms with Crippen LogP contribution in [0.4, 0.5) is 0 Å². The van der Waals surface area contributed by atoms with E-state index in [1.807, 2.05) is 25.1 Å². The molecule has 0 bridgehead atoms. The molecule has 0 amide bonds. The number of fused-ring (bicyclic) bond motifs is 1. The van der Waals surface area contributed by atoms with Gasteiger partial charge in [0.25, 0.3) is 6.33 Å². The number of para-hydroxylation sites is 1. The van der Waals surface area contributed by atoms with Crippen molar-refractivity contribution in [2.45, 2.75) is 6.92 Å². The van der Waals surface area contributed by atoms with Crippen molar-refractivity contribution < 1.29 is 9.36 Å². The van der Waals surface area contributed by atoms with E-state index >= 15 is 0 Å². The van der Waals surface area contributed by atoms with Gasteiger partial charge in [-0.2, -0.15) is 9.13 Å². The van der Waals surface area contributed by atoms with Gasteiger partial charge in [0, 0.05) is 6.20 Å². The van der Waals surface area contributed by atoms with Crippen LogP contribution in [0.1, 0.15) is 15.9 Å². The van der Waals surface area contributed by atoms with Crippen LogP contribution in [0.2, 0.25) is 0 Å². The van der Waals surface area contributed by atoms with E-state index in [0.29, 0.717) is 22.2 Å². The Labute approximate surface area is 149 Å². The van der Waals surface area contributed by atoms with Gasteiger partial charge in [-0.25, -0.2) is 9.59 Å². The summed E-state index contributed by atoms with van der Waals surface area (Å²) in [6.45, 7) is 1.97. The van der Waals surface area contributed by atoms with Crippen LogP contribution >= 0.6 is 0 Å². The number of aromatic nitrogens is 3. The third-order valence-corrected chi connectivity index (χ3v) is 4.29. The molecule has 5 heteroatoms. The highest BCUT2D eigenvalue weighted by Crippen LogP contribution is 2.09. The molecular formula is C21H16N3O2+. The summed E-state index contributed by atoms with van der Waals surface area (Å²) in [6, 6.07) is 18.0. The molecule has 0 fully saturated rings. The Balaban J connectivity index is 1.99. The first-order chi connectivity index (χ1) is 12.6. The molecule has 0 N–H and O–H groups in total.